The van der Waals surface area contributed by atoms with Gasteiger partial charge in [0.1, 0.15) is 0 Å². The van der Waals surface area contributed by atoms with Crippen molar-refractivity contribution in [2.24, 2.45) is 0 Å². The maximum atomic E-state index is 3.41. The van der Waals surface area contributed by atoms with Crippen molar-refractivity contribution in [2.45, 2.75) is 37.6 Å². The van der Waals surface area contributed by atoms with Crippen LogP contribution in [-0.4, -0.2) is 13.1 Å². The van der Waals surface area contributed by atoms with Crippen molar-refractivity contribution in [2.75, 3.05) is 7.05 Å². The zero-order chi connectivity index (χ0) is 13.8. The standard InChI is InChI=1S/C19H23N/c1-20-19-13-11-18(12-14-19)17-9-7-16(8-10-17)15-5-3-2-4-6-15/h2-10,18-20H,11-14H2,1H3. The summed E-state index contributed by atoms with van der Waals surface area (Å²) in [5.74, 6) is 0.754. The molecule has 0 saturated heterocycles. The van der Waals surface area contributed by atoms with E-state index in [0.29, 0.717) is 0 Å². The predicted octanol–water partition coefficient (Wildman–Crippen LogP) is 4.60. The van der Waals surface area contributed by atoms with Crippen molar-refractivity contribution >= 4 is 0 Å². The summed E-state index contributed by atoms with van der Waals surface area (Å²) < 4.78 is 0. The monoisotopic (exact) mass is 265 g/mol. The second kappa shape index (κ2) is 6.23. The molecule has 0 atom stereocenters. The molecular weight excluding hydrogens is 242 g/mol. The number of hydrogen-bond acceptors (Lipinski definition) is 1. The second-order valence-electron chi connectivity index (χ2n) is 5.83. The van der Waals surface area contributed by atoms with Gasteiger partial charge in [-0.2, -0.15) is 0 Å². The molecule has 1 nitrogen and oxygen atoms in total. The molecule has 1 fully saturated rings. The van der Waals surface area contributed by atoms with Gasteiger partial charge >= 0.3 is 0 Å². The molecule has 0 bridgehead atoms. The van der Waals surface area contributed by atoms with Gasteiger partial charge in [-0.05, 0) is 55.3 Å². The van der Waals surface area contributed by atoms with E-state index in [9.17, 15) is 0 Å². The van der Waals surface area contributed by atoms with E-state index in [1.165, 1.54) is 42.4 Å². The van der Waals surface area contributed by atoms with Gasteiger partial charge in [0.15, 0.2) is 0 Å². The Morgan fingerprint density at radius 3 is 1.95 bits per heavy atom. The van der Waals surface area contributed by atoms with Gasteiger partial charge in [0.2, 0.25) is 0 Å². The molecule has 104 valence electrons. The lowest BCUT2D eigenvalue weighted by atomic mass is 9.81. The Morgan fingerprint density at radius 1 is 0.750 bits per heavy atom. The topological polar surface area (TPSA) is 12.0 Å². The first kappa shape index (κ1) is 13.4. The fraction of sp³-hybridized carbons (Fsp3) is 0.368. The van der Waals surface area contributed by atoms with Crippen LogP contribution in [0.5, 0.6) is 0 Å². The number of hydrogen-bond donors (Lipinski definition) is 1. The van der Waals surface area contributed by atoms with Crippen LogP contribution in [0.1, 0.15) is 37.2 Å². The van der Waals surface area contributed by atoms with E-state index in [-0.39, 0.29) is 0 Å². The Bertz CT molecular complexity index is 521. The Hall–Kier alpha value is -1.60. The molecule has 1 N–H and O–H groups in total. The zero-order valence-corrected chi connectivity index (χ0v) is 12.2. The molecule has 1 aliphatic carbocycles. The number of rotatable bonds is 3. The maximum Gasteiger partial charge on any atom is 0.00644 e. The van der Waals surface area contributed by atoms with Crippen LogP contribution >= 0.6 is 0 Å². The molecule has 1 saturated carbocycles. The van der Waals surface area contributed by atoms with Crippen LogP contribution in [0.2, 0.25) is 0 Å². The Kier molecular flexibility index (Phi) is 4.17. The maximum absolute atomic E-state index is 3.41. The van der Waals surface area contributed by atoms with E-state index < -0.39 is 0 Å². The highest BCUT2D eigenvalue weighted by molar-refractivity contribution is 5.63. The lowest BCUT2D eigenvalue weighted by molar-refractivity contribution is 0.359. The largest absolute Gasteiger partial charge is 0.317 e. The van der Waals surface area contributed by atoms with E-state index in [2.05, 4.69) is 67.0 Å². The summed E-state index contributed by atoms with van der Waals surface area (Å²) in [4.78, 5) is 0. The van der Waals surface area contributed by atoms with Crippen LogP contribution in [-0.2, 0) is 0 Å². The normalized spacial score (nSPS) is 22.6. The van der Waals surface area contributed by atoms with Crippen molar-refractivity contribution < 1.29 is 0 Å². The molecule has 0 spiro atoms. The van der Waals surface area contributed by atoms with Crippen molar-refractivity contribution in [3.63, 3.8) is 0 Å². The Balaban J connectivity index is 1.71. The van der Waals surface area contributed by atoms with Gasteiger partial charge in [-0.25, -0.2) is 0 Å². The molecule has 20 heavy (non-hydrogen) atoms. The zero-order valence-electron chi connectivity index (χ0n) is 12.2. The fourth-order valence-corrected chi connectivity index (χ4v) is 3.29. The minimum absolute atomic E-state index is 0.731. The summed E-state index contributed by atoms with van der Waals surface area (Å²) >= 11 is 0. The van der Waals surface area contributed by atoms with Crippen molar-refractivity contribution in [3.05, 3.63) is 60.2 Å². The van der Waals surface area contributed by atoms with Crippen LogP contribution in [0.3, 0.4) is 0 Å². The summed E-state index contributed by atoms with van der Waals surface area (Å²) in [5.41, 5.74) is 4.13. The SMILES string of the molecule is CNC1CCC(c2ccc(-c3ccccc3)cc2)CC1. The quantitative estimate of drug-likeness (QED) is 0.855. The molecule has 0 aliphatic heterocycles. The molecule has 0 radical (unpaired) electrons. The summed E-state index contributed by atoms with van der Waals surface area (Å²) in [6.45, 7) is 0. The average Bonchev–Trinajstić information content (AvgIpc) is 2.56. The van der Waals surface area contributed by atoms with Gasteiger partial charge in [-0.15, -0.1) is 0 Å². The summed E-state index contributed by atoms with van der Waals surface area (Å²) in [7, 11) is 2.08. The van der Waals surface area contributed by atoms with Gasteiger partial charge in [-0.3, -0.25) is 0 Å². The predicted molar refractivity (Wildman–Crippen MR) is 85.9 cm³/mol. The van der Waals surface area contributed by atoms with Crippen molar-refractivity contribution in [1.82, 2.24) is 5.32 Å². The molecule has 2 aromatic carbocycles. The first-order valence-corrected chi connectivity index (χ1v) is 7.69. The minimum atomic E-state index is 0.731. The summed E-state index contributed by atoms with van der Waals surface area (Å²) in [5, 5.41) is 3.41. The lowest BCUT2D eigenvalue weighted by Crippen LogP contribution is -2.29. The fourth-order valence-electron chi connectivity index (χ4n) is 3.29. The van der Waals surface area contributed by atoms with Crippen LogP contribution in [0.15, 0.2) is 54.6 Å². The third kappa shape index (κ3) is 2.94. The van der Waals surface area contributed by atoms with E-state index in [1.54, 1.807) is 0 Å². The van der Waals surface area contributed by atoms with Gasteiger partial charge in [0.05, 0.1) is 0 Å². The van der Waals surface area contributed by atoms with E-state index >= 15 is 0 Å². The smallest absolute Gasteiger partial charge is 0.00644 e. The molecular formula is C19H23N. The second-order valence-corrected chi connectivity index (χ2v) is 5.83. The van der Waals surface area contributed by atoms with E-state index in [0.717, 1.165) is 12.0 Å². The lowest BCUT2D eigenvalue weighted by Gasteiger charge is -2.28. The molecule has 0 heterocycles. The van der Waals surface area contributed by atoms with Crippen LogP contribution in [0.25, 0.3) is 11.1 Å². The highest BCUT2D eigenvalue weighted by Crippen LogP contribution is 2.33. The minimum Gasteiger partial charge on any atom is -0.317 e. The molecule has 1 aliphatic rings. The molecule has 0 amide bonds. The Morgan fingerprint density at radius 2 is 1.35 bits per heavy atom. The van der Waals surface area contributed by atoms with Gasteiger partial charge in [0.25, 0.3) is 0 Å². The first-order chi connectivity index (χ1) is 9.86. The highest BCUT2D eigenvalue weighted by atomic mass is 14.9. The summed E-state index contributed by atoms with van der Waals surface area (Å²) in [6, 6.07) is 20.5. The number of benzene rings is 2. The number of nitrogens with one attached hydrogen (secondary N) is 1. The highest BCUT2D eigenvalue weighted by Gasteiger charge is 2.20. The third-order valence-electron chi connectivity index (χ3n) is 4.62. The average molecular weight is 265 g/mol. The summed E-state index contributed by atoms with van der Waals surface area (Å²) in [6.07, 6.45) is 5.25. The van der Waals surface area contributed by atoms with Crippen molar-refractivity contribution in [3.8, 4) is 11.1 Å². The Labute approximate surface area is 122 Å². The van der Waals surface area contributed by atoms with E-state index in [4.69, 9.17) is 0 Å². The first-order valence-electron chi connectivity index (χ1n) is 7.69. The van der Waals surface area contributed by atoms with Crippen molar-refractivity contribution in [1.29, 1.82) is 0 Å². The molecule has 3 rings (SSSR count). The molecule has 0 unspecified atom stereocenters. The molecule has 2 aromatic rings. The van der Waals surface area contributed by atoms with Crippen LogP contribution in [0, 0.1) is 0 Å². The van der Waals surface area contributed by atoms with Gasteiger partial charge in [0, 0.05) is 6.04 Å². The van der Waals surface area contributed by atoms with Crippen LogP contribution in [0.4, 0.5) is 0 Å². The van der Waals surface area contributed by atoms with Gasteiger partial charge in [-0.1, -0.05) is 54.6 Å². The third-order valence-corrected chi connectivity index (χ3v) is 4.62. The van der Waals surface area contributed by atoms with Crippen LogP contribution < -0.4 is 5.32 Å². The molecule has 0 aromatic heterocycles. The van der Waals surface area contributed by atoms with E-state index in [1.807, 2.05) is 0 Å². The van der Waals surface area contributed by atoms with Gasteiger partial charge < -0.3 is 5.32 Å². The molecule has 1 heteroatoms.